The summed E-state index contributed by atoms with van der Waals surface area (Å²) >= 11 is 0. The average molecular weight is 535 g/mol. The Balaban J connectivity index is 1.17. The maximum atomic E-state index is 14.9. The number of pyridine rings is 2. The molecule has 0 bridgehead atoms. The lowest BCUT2D eigenvalue weighted by Gasteiger charge is -2.51. The first-order chi connectivity index (χ1) is 18.4. The monoisotopic (exact) mass is 534 g/mol. The third kappa shape index (κ3) is 5.97. The van der Waals surface area contributed by atoms with Gasteiger partial charge in [-0.2, -0.15) is 0 Å². The molecule has 5 rings (SSSR count). The number of nitrogens with zero attached hydrogens (tertiary/aromatic N) is 3. The highest BCUT2D eigenvalue weighted by Gasteiger charge is 2.48. The second kappa shape index (κ2) is 10.1. The molecule has 1 N–H and O–H groups in total. The predicted molar refractivity (Wildman–Crippen MR) is 147 cm³/mol. The van der Waals surface area contributed by atoms with Gasteiger partial charge in [-0.1, -0.05) is 0 Å². The number of anilines is 1. The van der Waals surface area contributed by atoms with Gasteiger partial charge in [0.15, 0.2) is 0 Å². The van der Waals surface area contributed by atoms with E-state index in [1.165, 1.54) is 12.3 Å². The third-order valence-corrected chi connectivity index (χ3v) is 7.65. The summed E-state index contributed by atoms with van der Waals surface area (Å²) in [5.74, 6) is -0.0162. The summed E-state index contributed by atoms with van der Waals surface area (Å²) in [6.45, 7) is 10.7. The second-order valence-corrected chi connectivity index (χ2v) is 11.9. The first kappa shape index (κ1) is 26.8. The maximum absolute atomic E-state index is 14.9. The molecule has 1 spiro atoms. The van der Waals surface area contributed by atoms with E-state index in [4.69, 9.17) is 9.47 Å². The number of likely N-dealkylation sites (tertiary alicyclic amines) is 1. The van der Waals surface area contributed by atoms with Crippen molar-refractivity contribution in [3.05, 3.63) is 53.7 Å². The molecule has 206 valence electrons. The highest BCUT2D eigenvalue weighted by atomic mass is 19.1. The summed E-state index contributed by atoms with van der Waals surface area (Å²) in [6, 6.07) is 6.83. The van der Waals surface area contributed by atoms with Crippen LogP contribution in [0.15, 0.2) is 36.7 Å². The molecule has 2 fully saturated rings. The van der Waals surface area contributed by atoms with Gasteiger partial charge in [-0.05, 0) is 101 Å². The lowest BCUT2D eigenvalue weighted by atomic mass is 9.61. The number of amides is 2. The number of hydrogen-bond donors (Lipinski definition) is 1. The molecule has 1 aliphatic carbocycles. The molecule has 0 atom stereocenters. The van der Waals surface area contributed by atoms with Crippen LogP contribution in [0.5, 0.6) is 0 Å². The minimum Gasteiger partial charge on any atom is -0.446 e. The molecule has 2 aromatic heterocycles. The molecule has 8 nitrogen and oxygen atoms in total. The number of ether oxygens (including phenoxy) is 2. The summed E-state index contributed by atoms with van der Waals surface area (Å²) in [6.07, 6.45) is 5.51. The molecule has 2 amide bonds. The van der Waals surface area contributed by atoms with E-state index in [1.807, 2.05) is 40.7 Å². The van der Waals surface area contributed by atoms with Gasteiger partial charge in [-0.15, -0.1) is 0 Å². The molecule has 1 aromatic carbocycles. The van der Waals surface area contributed by atoms with Crippen LogP contribution in [0.3, 0.4) is 0 Å². The molecular formula is C30H35FN4O4. The molecule has 3 aromatic rings. The Hall–Kier alpha value is -3.75. The zero-order valence-electron chi connectivity index (χ0n) is 23.1. The van der Waals surface area contributed by atoms with E-state index in [9.17, 15) is 14.0 Å². The summed E-state index contributed by atoms with van der Waals surface area (Å²) < 4.78 is 26.0. The van der Waals surface area contributed by atoms with E-state index in [-0.39, 0.29) is 23.4 Å². The molecular weight excluding hydrogens is 499 g/mol. The number of fused-ring (bicyclic) bond motifs is 1. The van der Waals surface area contributed by atoms with Crippen molar-refractivity contribution in [2.45, 2.75) is 72.0 Å². The van der Waals surface area contributed by atoms with Crippen molar-refractivity contribution in [3.8, 4) is 11.1 Å². The number of carbonyl (C=O) groups is 2. The van der Waals surface area contributed by atoms with Crippen LogP contribution in [0.4, 0.5) is 19.8 Å². The van der Waals surface area contributed by atoms with Crippen LogP contribution >= 0.6 is 0 Å². The van der Waals surface area contributed by atoms with Gasteiger partial charge in [0.05, 0.1) is 0 Å². The SMILES string of the molecule is Cc1cc(C)c(-c2cc3cc(NC(=O)OC4CC5(CCN(C(=O)OC(C)(C)C)CC5)C4)ncc3cc2F)cn1. The first-order valence-electron chi connectivity index (χ1n) is 13.4. The van der Waals surface area contributed by atoms with Gasteiger partial charge in [0, 0.05) is 47.7 Å². The van der Waals surface area contributed by atoms with Crippen LogP contribution in [0.25, 0.3) is 21.9 Å². The van der Waals surface area contributed by atoms with Gasteiger partial charge in [0.2, 0.25) is 0 Å². The second-order valence-electron chi connectivity index (χ2n) is 11.9. The van der Waals surface area contributed by atoms with E-state index in [2.05, 4.69) is 15.3 Å². The van der Waals surface area contributed by atoms with Crippen molar-refractivity contribution in [1.29, 1.82) is 0 Å². The highest BCUT2D eigenvalue weighted by molar-refractivity contribution is 5.92. The van der Waals surface area contributed by atoms with Gasteiger partial charge in [-0.25, -0.2) is 19.0 Å². The summed E-state index contributed by atoms with van der Waals surface area (Å²) in [7, 11) is 0. The normalized spacial score (nSPS) is 17.1. The number of hydrogen-bond acceptors (Lipinski definition) is 6. The maximum Gasteiger partial charge on any atom is 0.413 e. The highest BCUT2D eigenvalue weighted by Crippen LogP contribution is 2.50. The molecule has 1 saturated carbocycles. The van der Waals surface area contributed by atoms with Crippen molar-refractivity contribution in [2.75, 3.05) is 18.4 Å². The minimum atomic E-state index is -0.561. The molecule has 0 unspecified atom stereocenters. The van der Waals surface area contributed by atoms with E-state index in [0.717, 1.165) is 47.9 Å². The molecule has 1 aliphatic heterocycles. The minimum absolute atomic E-state index is 0.105. The van der Waals surface area contributed by atoms with Crippen molar-refractivity contribution in [3.63, 3.8) is 0 Å². The zero-order valence-corrected chi connectivity index (χ0v) is 23.1. The molecule has 1 saturated heterocycles. The average Bonchev–Trinajstić information content (AvgIpc) is 2.82. The Kier molecular flexibility index (Phi) is 6.95. The lowest BCUT2D eigenvalue weighted by Crippen LogP contribution is -2.52. The quantitative estimate of drug-likeness (QED) is 0.398. The number of benzene rings is 1. The zero-order chi connectivity index (χ0) is 27.9. The lowest BCUT2D eigenvalue weighted by molar-refractivity contribution is -0.0716. The Morgan fingerprint density at radius 3 is 2.38 bits per heavy atom. The molecule has 0 radical (unpaired) electrons. The fraction of sp³-hybridized carbons (Fsp3) is 0.467. The van der Waals surface area contributed by atoms with Crippen molar-refractivity contribution < 1.29 is 23.5 Å². The number of aryl methyl sites for hydroxylation is 2. The van der Waals surface area contributed by atoms with Gasteiger partial charge >= 0.3 is 12.2 Å². The number of piperidine rings is 1. The van der Waals surface area contributed by atoms with Gasteiger partial charge in [0.25, 0.3) is 0 Å². The van der Waals surface area contributed by atoms with Crippen LogP contribution in [0.1, 0.15) is 57.7 Å². The van der Waals surface area contributed by atoms with Crippen LogP contribution in [-0.2, 0) is 9.47 Å². The summed E-state index contributed by atoms with van der Waals surface area (Å²) in [5, 5.41) is 4.09. The Morgan fingerprint density at radius 2 is 1.72 bits per heavy atom. The van der Waals surface area contributed by atoms with Gasteiger partial charge in [-0.3, -0.25) is 10.3 Å². The standard InChI is InChI=1S/C30H35FN4O4/c1-18-10-19(2)32-17-24(18)23-11-20-13-26(33-16-21(20)12-25(23)31)34-27(36)38-22-14-30(15-22)6-8-35(9-7-30)28(37)39-29(3,4)5/h10-13,16-17,22H,6-9,14-15H2,1-5H3,(H,33,34,36). The third-order valence-electron chi connectivity index (χ3n) is 7.65. The van der Waals surface area contributed by atoms with Crippen molar-refractivity contribution in [1.82, 2.24) is 14.9 Å². The van der Waals surface area contributed by atoms with Crippen LogP contribution in [-0.4, -0.2) is 51.8 Å². The van der Waals surface area contributed by atoms with Crippen molar-refractivity contribution >= 4 is 28.8 Å². The molecule has 39 heavy (non-hydrogen) atoms. The number of nitrogens with one attached hydrogen (secondary N) is 1. The number of halogens is 1. The predicted octanol–water partition coefficient (Wildman–Crippen LogP) is 6.78. The Bertz CT molecular complexity index is 1420. The fourth-order valence-corrected chi connectivity index (χ4v) is 5.59. The van der Waals surface area contributed by atoms with Gasteiger partial charge < -0.3 is 14.4 Å². The number of carbonyl (C=O) groups excluding carboxylic acids is 2. The topological polar surface area (TPSA) is 93.7 Å². The smallest absolute Gasteiger partial charge is 0.413 e. The van der Waals surface area contributed by atoms with E-state index in [1.54, 1.807) is 23.2 Å². The number of rotatable bonds is 3. The van der Waals surface area contributed by atoms with E-state index >= 15 is 0 Å². The largest absolute Gasteiger partial charge is 0.446 e. The van der Waals surface area contributed by atoms with Crippen LogP contribution in [0.2, 0.25) is 0 Å². The molecule has 2 aliphatic rings. The van der Waals surface area contributed by atoms with Crippen molar-refractivity contribution in [2.24, 2.45) is 5.41 Å². The number of aromatic nitrogens is 2. The Morgan fingerprint density at radius 1 is 1.00 bits per heavy atom. The Labute approximate surface area is 227 Å². The fourth-order valence-electron chi connectivity index (χ4n) is 5.59. The van der Waals surface area contributed by atoms with Crippen LogP contribution < -0.4 is 5.32 Å². The summed E-state index contributed by atoms with van der Waals surface area (Å²) in [4.78, 5) is 35.3. The van der Waals surface area contributed by atoms with Gasteiger partial charge in [0.1, 0.15) is 23.3 Å². The van der Waals surface area contributed by atoms with E-state index in [0.29, 0.717) is 29.9 Å². The first-order valence-corrected chi connectivity index (χ1v) is 13.4. The van der Waals surface area contributed by atoms with E-state index < -0.39 is 11.7 Å². The molecule has 9 heteroatoms. The van der Waals surface area contributed by atoms with Crippen LogP contribution in [0, 0.1) is 25.1 Å². The summed E-state index contributed by atoms with van der Waals surface area (Å²) in [5.41, 5.74) is 2.58. The molecule has 3 heterocycles.